The van der Waals surface area contributed by atoms with Crippen molar-refractivity contribution in [2.24, 2.45) is 11.8 Å². The average Bonchev–Trinajstić information content (AvgIpc) is 3.34. The summed E-state index contributed by atoms with van der Waals surface area (Å²) in [6.45, 7) is 3.92. The Morgan fingerprint density at radius 1 is 1.10 bits per heavy atom. The van der Waals surface area contributed by atoms with Gasteiger partial charge in [0.25, 0.3) is 0 Å². The molecule has 0 fully saturated rings. The predicted molar refractivity (Wildman–Crippen MR) is 156 cm³/mol. The molecular weight excluding hydrogens is 530 g/mol. The van der Waals surface area contributed by atoms with E-state index in [9.17, 15) is 24.8 Å². The first-order valence-corrected chi connectivity index (χ1v) is 14.4. The quantitative estimate of drug-likeness (QED) is 0.198. The molecule has 1 heterocycles. The average molecular weight is 560 g/mol. The van der Waals surface area contributed by atoms with Gasteiger partial charge in [0.2, 0.25) is 11.8 Å². The van der Waals surface area contributed by atoms with Crippen molar-refractivity contribution in [3.05, 3.63) is 77.2 Å². The molecule has 4 rings (SSSR count). The number of rotatable bonds is 9. The Kier molecular flexibility index (Phi) is 9.23. The number of carbonyl (C=O) groups is 3. The van der Waals surface area contributed by atoms with Crippen molar-refractivity contribution >= 4 is 51.6 Å². The minimum Gasteiger partial charge on any atom is -0.481 e. The number of aryl methyl sites for hydroxylation is 1. The van der Waals surface area contributed by atoms with Gasteiger partial charge in [-0.3, -0.25) is 14.4 Å². The second kappa shape index (κ2) is 12.8. The molecule has 2 amide bonds. The summed E-state index contributed by atoms with van der Waals surface area (Å²) >= 11 is 2.70. The largest absolute Gasteiger partial charge is 0.481 e. The Balaban J connectivity index is 1.44. The summed E-state index contributed by atoms with van der Waals surface area (Å²) in [5, 5.41) is 27.1. The minimum absolute atomic E-state index is 0.205. The third-order valence-electron chi connectivity index (χ3n) is 6.63. The number of carboxylic acid groups (broad SMARTS) is 1. The molecule has 0 saturated carbocycles. The van der Waals surface area contributed by atoms with Gasteiger partial charge in [-0.2, -0.15) is 5.26 Å². The second-order valence-corrected chi connectivity index (χ2v) is 11.5. The molecule has 3 unspecified atom stereocenters. The molecule has 3 N–H and O–H groups in total. The van der Waals surface area contributed by atoms with E-state index in [1.54, 1.807) is 24.3 Å². The van der Waals surface area contributed by atoms with E-state index in [0.29, 0.717) is 35.5 Å². The molecule has 3 atom stereocenters. The zero-order chi connectivity index (χ0) is 27.9. The zero-order valence-corrected chi connectivity index (χ0v) is 23.3. The van der Waals surface area contributed by atoms with E-state index in [1.807, 2.05) is 55.6 Å². The van der Waals surface area contributed by atoms with Gasteiger partial charge in [-0.1, -0.05) is 55.0 Å². The van der Waals surface area contributed by atoms with Crippen LogP contribution in [0.5, 0.6) is 0 Å². The number of thioether (sulfide) groups is 1. The Labute approximate surface area is 235 Å². The number of carbonyl (C=O) groups excluding carboxylic acids is 2. The maximum absolute atomic E-state index is 13.2. The molecule has 200 valence electrons. The molecule has 0 radical (unpaired) electrons. The number of aliphatic carboxylic acids is 1. The SMILES string of the molecule is CCC(Sc1cccc(NC(=O)C2CC=CCC2C(=O)O)c1)C(=O)Nc1scc(-c2ccc(C)cc2)c1C#N. The van der Waals surface area contributed by atoms with Crippen molar-refractivity contribution in [1.82, 2.24) is 0 Å². The lowest BCUT2D eigenvalue weighted by atomic mass is 9.82. The normalized spacial score (nSPS) is 17.2. The summed E-state index contributed by atoms with van der Waals surface area (Å²) in [7, 11) is 0. The smallest absolute Gasteiger partial charge is 0.307 e. The first-order valence-electron chi connectivity index (χ1n) is 12.7. The van der Waals surface area contributed by atoms with Gasteiger partial charge in [0.1, 0.15) is 11.1 Å². The predicted octanol–water partition coefficient (Wildman–Crippen LogP) is 6.71. The monoisotopic (exact) mass is 559 g/mol. The van der Waals surface area contributed by atoms with Crippen molar-refractivity contribution < 1.29 is 19.5 Å². The van der Waals surface area contributed by atoms with Gasteiger partial charge in [-0.15, -0.1) is 23.1 Å². The van der Waals surface area contributed by atoms with Gasteiger partial charge in [0.15, 0.2) is 0 Å². The van der Waals surface area contributed by atoms with E-state index in [2.05, 4.69) is 16.7 Å². The minimum atomic E-state index is -0.975. The van der Waals surface area contributed by atoms with Crippen LogP contribution in [0.3, 0.4) is 0 Å². The van der Waals surface area contributed by atoms with Crippen molar-refractivity contribution in [2.45, 2.75) is 43.3 Å². The molecule has 1 aliphatic rings. The van der Waals surface area contributed by atoms with E-state index in [4.69, 9.17) is 0 Å². The van der Waals surface area contributed by atoms with Gasteiger partial charge in [-0.25, -0.2) is 0 Å². The molecule has 0 saturated heterocycles. The lowest BCUT2D eigenvalue weighted by molar-refractivity contribution is -0.146. The number of nitrogens with zero attached hydrogens (tertiary/aromatic N) is 1. The number of anilines is 2. The molecule has 0 aliphatic heterocycles. The zero-order valence-electron chi connectivity index (χ0n) is 21.6. The number of hydrogen-bond acceptors (Lipinski definition) is 6. The summed E-state index contributed by atoms with van der Waals surface area (Å²) in [5.41, 5.74) is 3.84. The summed E-state index contributed by atoms with van der Waals surface area (Å²) in [6, 6.07) is 17.3. The molecule has 3 aromatic rings. The molecular formula is C30H29N3O4S2. The molecule has 0 bridgehead atoms. The van der Waals surface area contributed by atoms with Crippen LogP contribution >= 0.6 is 23.1 Å². The summed E-state index contributed by atoms with van der Waals surface area (Å²) in [6.07, 6.45) is 4.92. The number of hydrogen-bond donors (Lipinski definition) is 3. The van der Waals surface area contributed by atoms with Crippen LogP contribution in [0.25, 0.3) is 11.1 Å². The lowest BCUT2D eigenvalue weighted by Gasteiger charge is -2.24. The van der Waals surface area contributed by atoms with Gasteiger partial charge >= 0.3 is 5.97 Å². The lowest BCUT2D eigenvalue weighted by Crippen LogP contribution is -2.34. The van der Waals surface area contributed by atoms with Crippen molar-refractivity contribution in [3.63, 3.8) is 0 Å². The highest BCUT2D eigenvalue weighted by molar-refractivity contribution is 8.00. The molecule has 39 heavy (non-hydrogen) atoms. The number of thiophene rings is 1. The summed E-state index contributed by atoms with van der Waals surface area (Å²) in [4.78, 5) is 38.4. The maximum atomic E-state index is 13.2. The van der Waals surface area contributed by atoms with Crippen LogP contribution in [0.15, 0.2) is 71.0 Å². The van der Waals surface area contributed by atoms with Crippen molar-refractivity contribution in [1.29, 1.82) is 5.26 Å². The summed E-state index contributed by atoms with van der Waals surface area (Å²) in [5.74, 6) is -2.89. The Morgan fingerprint density at radius 3 is 2.49 bits per heavy atom. The van der Waals surface area contributed by atoms with Gasteiger partial charge in [0, 0.05) is 21.5 Å². The third kappa shape index (κ3) is 6.77. The first-order chi connectivity index (χ1) is 18.8. The number of benzene rings is 2. The highest BCUT2D eigenvalue weighted by Gasteiger charge is 2.34. The van der Waals surface area contributed by atoms with Crippen molar-refractivity contribution in [2.75, 3.05) is 10.6 Å². The number of amides is 2. The highest BCUT2D eigenvalue weighted by Crippen LogP contribution is 2.36. The Hall–Kier alpha value is -3.87. The van der Waals surface area contributed by atoms with Crippen LogP contribution in [0.4, 0.5) is 10.7 Å². The molecule has 1 aromatic heterocycles. The fraction of sp³-hybridized carbons (Fsp3) is 0.267. The van der Waals surface area contributed by atoms with Gasteiger partial charge < -0.3 is 15.7 Å². The van der Waals surface area contributed by atoms with E-state index < -0.39 is 23.1 Å². The maximum Gasteiger partial charge on any atom is 0.307 e. The second-order valence-electron chi connectivity index (χ2n) is 9.35. The van der Waals surface area contributed by atoms with Crippen LogP contribution < -0.4 is 10.6 Å². The summed E-state index contributed by atoms with van der Waals surface area (Å²) < 4.78 is 0. The topological polar surface area (TPSA) is 119 Å². The first kappa shape index (κ1) is 28.1. The molecule has 1 aliphatic carbocycles. The van der Waals surface area contributed by atoms with Crippen LogP contribution in [-0.2, 0) is 14.4 Å². The number of carboxylic acids is 1. The van der Waals surface area contributed by atoms with E-state index >= 15 is 0 Å². The number of allylic oxidation sites excluding steroid dienone is 2. The standard InChI is InChI=1S/C30H29N3O4S2/c1-3-26(28(35)33-29-24(16-31)25(17-38-29)19-13-11-18(2)12-14-19)39-21-8-6-7-20(15-21)32-27(34)22-9-4-5-10-23(22)30(36)37/h4-8,11-15,17,22-23,26H,3,9-10H2,1-2H3,(H,32,34)(H,33,35)(H,36,37). The van der Waals surface area contributed by atoms with E-state index in [1.165, 1.54) is 23.1 Å². The van der Waals surface area contributed by atoms with Gasteiger partial charge in [-0.05, 0) is 49.9 Å². The van der Waals surface area contributed by atoms with Gasteiger partial charge in [0.05, 0.1) is 22.6 Å². The van der Waals surface area contributed by atoms with E-state index in [-0.39, 0.29) is 11.8 Å². The number of nitriles is 1. The van der Waals surface area contributed by atoms with Crippen LogP contribution in [0, 0.1) is 30.1 Å². The molecule has 0 spiro atoms. The number of nitrogens with one attached hydrogen (secondary N) is 2. The Bertz CT molecular complexity index is 1440. The van der Waals surface area contributed by atoms with Crippen LogP contribution in [0.1, 0.15) is 37.3 Å². The molecule has 7 nitrogen and oxygen atoms in total. The Morgan fingerprint density at radius 2 is 1.82 bits per heavy atom. The fourth-order valence-corrected chi connectivity index (χ4v) is 6.38. The molecule has 2 aromatic carbocycles. The highest BCUT2D eigenvalue weighted by atomic mass is 32.2. The van der Waals surface area contributed by atoms with E-state index in [0.717, 1.165) is 21.6 Å². The van der Waals surface area contributed by atoms with Crippen molar-refractivity contribution in [3.8, 4) is 17.2 Å². The molecule has 9 heteroatoms. The third-order valence-corrected chi connectivity index (χ3v) is 8.89. The van der Waals surface area contributed by atoms with Crippen LogP contribution in [-0.4, -0.2) is 28.1 Å². The fourth-order valence-electron chi connectivity index (χ4n) is 4.44. The van der Waals surface area contributed by atoms with Crippen LogP contribution in [0.2, 0.25) is 0 Å².